The Hall–Kier alpha value is -4.31. The van der Waals surface area contributed by atoms with E-state index in [1.54, 1.807) is 19.1 Å². The molecule has 0 aliphatic rings. The third kappa shape index (κ3) is 5.65. The second-order valence-electron chi connectivity index (χ2n) is 8.78. The maximum absolute atomic E-state index is 14.8. The molecule has 4 aromatic rings. The number of rotatable bonds is 7. The van der Waals surface area contributed by atoms with Crippen molar-refractivity contribution in [3.8, 4) is 28.6 Å². The normalized spacial score (nSPS) is 11.2. The molecule has 0 radical (unpaired) electrons. The number of pyridine rings is 2. The molecule has 0 fully saturated rings. The van der Waals surface area contributed by atoms with Gasteiger partial charge in [0.2, 0.25) is 5.88 Å². The number of methoxy groups -OCH3 is 1. The third-order valence-corrected chi connectivity index (χ3v) is 6.96. The molecule has 200 valence electrons. The van der Waals surface area contributed by atoms with E-state index in [0.717, 1.165) is 16.7 Å². The van der Waals surface area contributed by atoms with Crippen molar-refractivity contribution in [1.29, 1.82) is 0 Å². The van der Waals surface area contributed by atoms with Crippen molar-refractivity contribution < 1.29 is 29.9 Å². The number of carbonyl (C=O) groups is 1. The molecule has 2 aromatic heterocycles. The Balaban J connectivity index is 0.00000280. The van der Waals surface area contributed by atoms with Crippen LogP contribution in [0.2, 0.25) is 0 Å². The van der Waals surface area contributed by atoms with Gasteiger partial charge in [-0.25, -0.2) is 19.1 Å². The molecule has 0 saturated heterocycles. The highest BCUT2D eigenvalue weighted by molar-refractivity contribution is 7.90. The smallest absolute Gasteiger partial charge is 0.281 e. The standard InChI is InChI=1S/C28H26FN3O5S.2H2/c1-16-13-17(2)26(18(3)14-16)37-28-22(27(33)32-38(34,35)25-8-6-7-19(4)30-25)11-12-24(31-28)21-10-9-20(36-5)15-23(21)29;;/h6-15H,1-5H3,(H,32,33);2*1H. The van der Waals surface area contributed by atoms with E-state index >= 15 is 0 Å². The number of aromatic nitrogens is 2. The van der Waals surface area contributed by atoms with Gasteiger partial charge in [-0.05, 0) is 75.2 Å². The van der Waals surface area contributed by atoms with Crippen LogP contribution in [0.4, 0.5) is 4.39 Å². The minimum atomic E-state index is -4.29. The van der Waals surface area contributed by atoms with E-state index in [1.807, 2.05) is 37.6 Å². The monoisotopic (exact) mass is 539 g/mol. The number of hydrogen-bond donors (Lipinski definition) is 1. The second kappa shape index (κ2) is 10.6. The van der Waals surface area contributed by atoms with Gasteiger partial charge >= 0.3 is 0 Å². The molecule has 1 amide bonds. The average Bonchev–Trinajstić information content (AvgIpc) is 2.85. The van der Waals surface area contributed by atoms with Crippen LogP contribution < -0.4 is 14.2 Å². The number of aryl methyl sites for hydroxylation is 4. The maximum atomic E-state index is 14.8. The lowest BCUT2D eigenvalue weighted by Crippen LogP contribution is -2.31. The van der Waals surface area contributed by atoms with Gasteiger partial charge in [-0.15, -0.1) is 0 Å². The molecule has 10 heteroatoms. The van der Waals surface area contributed by atoms with Crippen molar-refractivity contribution in [2.75, 3.05) is 7.11 Å². The number of halogens is 1. The maximum Gasteiger partial charge on any atom is 0.281 e. The van der Waals surface area contributed by atoms with Gasteiger partial charge in [0.15, 0.2) is 5.03 Å². The highest BCUT2D eigenvalue weighted by Gasteiger charge is 2.25. The molecular formula is C28H30FN3O5S. The Bertz CT molecular complexity index is 1640. The van der Waals surface area contributed by atoms with E-state index in [-0.39, 0.29) is 30.6 Å². The van der Waals surface area contributed by atoms with Crippen molar-refractivity contribution in [3.63, 3.8) is 0 Å². The number of sulfonamides is 1. The lowest BCUT2D eigenvalue weighted by Gasteiger charge is -2.16. The Kier molecular flexibility index (Phi) is 7.45. The van der Waals surface area contributed by atoms with Gasteiger partial charge in [0.1, 0.15) is 22.9 Å². The van der Waals surface area contributed by atoms with E-state index in [1.165, 1.54) is 43.5 Å². The summed E-state index contributed by atoms with van der Waals surface area (Å²) >= 11 is 0. The molecule has 0 spiro atoms. The van der Waals surface area contributed by atoms with Crippen LogP contribution in [-0.4, -0.2) is 31.4 Å². The van der Waals surface area contributed by atoms with Crippen LogP contribution in [0.5, 0.6) is 17.4 Å². The molecule has 0 aliphatic carbocycles. The summed E-state index contributed by atoms with van der Waals surface area (Å²) in [6.07, 6.45) is 0. The number of nitrogens with zero attached hydrogens (tertiary/aromatic N) is 2. The van der Waals surface area contributed by atoms with Crippen LogP contribution in [-0.2, 0) is 10.0 Å². The summed E-state index contributed by atoms with van der Waals surface area (Å²) in [7, 11) is -2.86. The molecule has 4 rings (SSSR count). The predicted octanol–water partition coefficient (Wildman–Crippen LogP) is 5.93. The molecule has 0 aliphatic heterocycles. The van der Waals surface area contributed by atoms with E-state index in [0.29, 0.717) is 17.2 Å². The van der Waals surface area contributed by atoms with Gasteiger partial charge in [-0.3, -0.25) is 4.79 Å². The highest BCUT2D eigenvalue weighted by Crippen LogP contribution is 2.33. The fraction of sp³-hybridized carbons (Fsp3) is 0.179. The number of ether oxygens (including phenoxy) is 2. The van der Waals surface area contributed by atoms with E-state index < -0.39 is 21.7 Å². The predicted molar refractivity (Wildman–Crippen MR) is 145 cm³/mol. The molecule has 1 N–H and O–H groups in total. The quantitative estimate of drug-likeness (QED) is 0.310. The summed E-state index contributed by atoms with van der Waals surface area (Å²) in [6, 6.07) is 15.3. The zero-order chi connectivity index (χ0) is 27.6. The summed E-state index contributed by atoms with van der Waals surface area (Å²) in [5.74, 6) is -0.958. The summed E-state index contributed by atoms with van der Waals surface area (Å²) in [5, 5.41) is -0.302. The first-order valence-electron chi connectivity index (χ1n) is 11.6. The van der Waals surface area contributed by atoms with Crippen molar-refractivity contribution in [1.82, 2.24) is 14.7 Å². The molecule has 2 aromatic carbocycles. The second-order valence-corrected chi connectivity index (χ2v) is 10.4. The van der Waals surface area contributed by atoms with Gasteiger partial charge < -0.3 is 9.47 Å². The van der Waals surface area contributed by atoms with Crippen molar-refractivity contribution >= 4 is 15.9 Å². The van der Waals surface area contributed by atoms with Crippen LogP contribution in [0.15, 0.2) is 65.7 Å². The Morgan fingerprint density at radius 2 is 1.66 bits per heavy atom. The summed E-state index contributed by atoms with van der Waals surface area (Å²) < 4.78 is 53.7. The highest BCUT2D eigenvalue weighted by atomic mass is 32.2. The van der Waals surface area contributed by atoms with Gasteiger partial charge in [0, 0.05) is 20.2 Å². The molecular weight excluding hydrogens is 509 g/mol. The average molecular weight is 540 g/mol. The topological polar surface area (TPSA) is 107 Å². The minimum absolute atomic E-state index is 0. The lowest BCUT2D eigenvalue weighted by atomic mass is 10.1. The molecule has 2 heterocycles. The molecule has 8 nitrogen and oxygen atoms in total. The molecule has 38 heavy (non-hydrogen) atoms. The van der Waals surface area contributed by atoms with Gasteiger partial charge in [0.25, 0.3) is 15.9 Å². The van der Waals surface area contributed by atoms with E-state index in [2.05, 4.69) is 9.97 Å². The van der Waals surface area contributed by atoms with E-state index in [4.69, 9.17) is 9.47 Å². The van der Waals surface area contributed by atoms with Crippen molar-refractivity contribution in [2.24, 2.45) is 0 Å². The van der Waals surface area contributed by atoms with Crippen molar-refractivity contribution in [2.45, 2.75) is 32.7 Å². The SMILES string of the molecule is COc1ccc(-c2ccc(C(=O)NS(=O)(=O)c3cccc(C)n3)c(Oc3c(C)cc(C)cc3C)n2)c(F)c1.[HH].[HH]. The first-order valence-corrected chi connectivity index (χ1v) is 13.1. The summed E-state index contributed by atoms with van der Waals surface area (Å²) in [5.41, 5.74) is 3.24. The zero-order valence-electron chi connectivity index (χ0n) is 21.5. The fourth-order valence-corrected chi connectivity index (χ4v) is 4.97. The number of carbonyl (C=O) groups excluding carboxylic acids is 1. The Morgan fingerprint density at radius 3 is 2.29 bits per heavy atom. The molecule has 0 saturated carbocycles. The molecule has 0 bridgehead atoms. The first kappa shape index (κ1) is 26.7. The van der Waals surface area contributed by atoms with Crippen LogP contribution in [0.25, 0.3) is 11.3 Å². The van der Waals surface area contributed by atoms with Gasteiger partial charge in [-0.1, -0.05) is 23.8 Å². The van der Waals surface area contributed by atoms with Crippen LogP contribution in [0.3, 0.4) is 0 Å². The summed E-state index contributed by atoms with van der Waals surface area (Å²) in [6.45, 7) is 7.27. The van der Waals surface area contributed by atoms with E-state index in [9.17, 15) is 17.6 Å². The number of nitrogens with one attached hydrogen (secondary N) is 1. The summed E-state index contributed by atoms with van der Waals surface area (Å²) in [4.78, 5) is 21.6. The van der Waals surface area contributed by atoms with Crippen molar-refractivity contribution in [3.05, 3.63) is 94.4 Å². The third-order valence-electron chi connectivity index (χ3n) is 5.73. The minimum Gasteiger partial charge on any atom is -0.497 e. The fourth-order valence-electron chi connectivity index (χ4n) is 3.99. The number of hydrogen-bond acceptors (Lipinski definition) is 7. The zero-order valence-corrected chi connectivity index (χ0v) is 22.3. The van der Waals surface area contributed by atoms with Gasteiger partial charge in [0.05, 0.1) is 12.8 Å². The molecule has 0 unspecified atom stereocenters. The lowest BCUT2D eigenvalue weighted by molar-refractivity contribution is 0.0978. The Morgan fingerprint density at radius 1 is 0.947 bits per heavy atom. The van der Waals surface area contributed by atoms with Crippen LogP contribution >= 0.6 is 0 Å². The molecule has 0 atom stereocenters. The number of amides is 1. The number of benzene rings is 2. The largest absolute Gasteiger partial charge is 0.497 e. The Labute approximate surface area is 223 Å². The van der Waals surface area contributed by atoms with Crippen LogP contribution in [0, 0.1) is 33.5 Å². The van der Waals surface area contributed by atoms with Gasteiger partial charge in [-0.2, -0.15) is 8.42 Å². The first-order chi connectivity index (χ1) is 18.0. The van der Waals surface area contributed by atoms with Crippen LogP contribution in [0.1, 0.15) is 35.6 Å².